The van der Waals surface area contributed by atoms with E-state index in [0.717, 1.165) is 10.9 Å². The third-order valence-electron chi connectivity index (χ3n) is 11.3. The first-order valence-corrected chi connectivity index (χ1v) is 23.0. The van der Waals surface area contributed by atoms with Crippen molar-refractivity contribution in [1.29, 1.82) is 0 Å². The predicted molar refractivity (Wildman–Crippen MR) is 260 cm³/mol. The molecule has 0 saturated carbocycles. The van der Waals surface area contributed by atoms with Crippen LogP contribution in [0, 0.1) is 0 Å². The first kappa shape index (κ1) is 53.4. The van der Waals surface area contributed by atoms with Gasteiger partial charge in [0.1, 0.15) is 41.9 Å². The maximum absolute atomic E-state index is 14.5. The van der Waals surface area contributed by atoms with E-state index in [2.05, 4.69) is 62.5 Å². The van der Waals surface area contributed by atoms with Crippen LogP contribution >= 0.6 is 0 Å². The minimum Gasteiger partial charge on any atom is -0.370 e. The number of amides is 9. The number of benzene rings is 2. The summed E-state index contributed by atoms with van der Waals surface area (Å²) in [4.78, 5) is 138. The van der Waals surface area contributed by atoms with Crippen molar-refractivity contribution in [3.05, 3.63) is 102 Å². The number of nitrogens with one attached hydrogen (secondary N) is 10. The van der Waals surface area contributed by atoms with Gasteiger partial charge in [0.15, 0.2) is 5.96 Å². The Morgan fingerprint density at radius 2 is 1.49 bits per heavy atom. The van der Waals surface area contributed by atoms with Crippen LogP contribution in [0.4, 0.5) is 0 Å². The summed E-state index contributed by atoms with van der Waals surface area (Å²) in [7, 11) is 0. The first-order chi connectivity index (χ1) is 34.0. The number of hydrogen-bond donors (Lipinski definition) is 13. The molecule has 71 heavy (non-hydrogen) atoms. The second-order valence-electron chi connectivity index (χ2n) is 16.8. The van der Waals surface area contributed by atoms with Crippen molar-refractivity contribution in [2.45, 2.75) is 101 Å². The molecule has 24 nitrogen and oxygen atoms in total. The Kier molecular flexibility index (Phi) is 19.7. The van der Waals surface area contributed by atoms with Gasteiger partial charge in [-0.1, -0.05) is 68.3 Å². The third kappa shape index (κ3) is 16.6. The Morgan fingerprint density at radius 1 is 0.803 bits per heavy atom. The molecule has 0 fully saturated rings. The fourth-order valence-electron chi connectivity index (χ4n) is 7.62. The molecule has 0 unspecified atom stereocenters. The number of fused-ring (bicyclic) bond motifs is 1. The van der Waals surface area contributed by atoms with Crippen molar-refractivity contribution in [2.75, 3.05) is 13.1 Å². The first-order valence-electron chi connectivity index (χ1n) is 23.0. The van der Waals surface area contributed by atoms with Crippen LogP contribution in [0.25, 0.3) is 10.9 Å². The van der Waals surface area contributed by atoms with E-state index in [0.29, 0.717) is 35.7 Å². The van der Waals surface area contributed by atoms with Crippen molar-refractivity contribution >= 4 is 70.0 Å². The average Bonchev–Trinajstić information content (AvgIpc) is 4.01. The van der Waals surface area contributed by atoms with Gasteiger partial charge in [0.05, 0.1) is 6.33 Å². The van der Waals surface area contributed by atoms with E-state index in [4.69, 9.17) is 17.2 Å². The molecule has 0 radical (unpaired) electrons. The summed E-state index contributed by atoms with van der Waals surface area (Å²) < 4.78 is 0. The molecule has 16 N–H and O–H groups in total. The van der Waals surface area contributed by atoms with Crippen LogP contribution in [0.5, 0.6) is 0 Å². The lowest BCUT2D eigenvalue weighted by Gasteiger charge is -2.27. The fraction of sp³-hybridized carbons (Fsp3) is 0.383. The molecular weight excluding hydrogens is 919 g/mol. The Labute approximate surface area is 408 Å². The highest BCUT2D eigenvalue weighted by molar-refractivity contribution is 6.06. The lowest BCUT2D eigenvalue weighted by atomic mass is 10.0. The molecule has 4 aromatic rings. The van der Waals surface area contributed by atoms with Gasteiger partial charge in [-0.25, -0.2) is 4.98 Å². The van der Waals surface area contributed by atoms with Crippen molar-refractivity contribution in [1.82, 2.24) is 57.5 Å². The summed E-state index contributed by atoms with van der Waals surface area (Å²) >= 11 is 0. The molecule has 0 bridgehead atoms. The zero-order chi connectivity index (χ0) is 51.5. The van der Waals surface area contributed by atoms with Crippen LogP contribution in [0.15, 0.2) is 90.1 Å². The largest absolute Gasteiger partial charge is 0.370 e. The second kappa shape index (κ2) is 26.3. The number of nitrogens with two attached hydrogens (primary N) is 3. The molecule has 0 spiro atoms. The number of imidazole rings is 1. The Hall–Kier alpha value is -8.57. The maximum atomic E-state index is 14.5. The standard InChI is InChI=1S/C47H61N15O9/c1-3-4-14-32(56-26(2)63)41(66)61-37-21-39(64)54-24-38(46(71)58-34(40(48)65)19-28-22-53-31-15-9-8-13-30(28)31)62-42(67)33(16-10-17-52-47(49)50)57-43(68)35(18-27-11-6-5-7-12-27)59-44(69)36(60-45(37)70)20-29-23-51-25-55-29/h5-9,11-13,15,21-23,25,32-36,38,53H,3-4,10,14,16-20,24H2,1-2H3,(H2,48,65)(H,51,55)(H,54,64)(H,56,63)(H,57,68)(H,58,71)(H,59,69)(H,60,70)(H,61,66)(H,62,67)(H4,49,50,52)/b37-21+/t32-,33-,34-,35+,36-,38-/m0/s1. The highest BCUT2D eigenvalue weighted by Crippen LogP contribution is 2.19. The number of aliphatic imine (C=N–C) groups is 1. The van der Waals surface area contributed by atoms with E-state index in [1.807, 2.05) is 25.1 Å². The number of carbonyl (C=O) groups excluding carboxylic acids is 9. The number of guanidine groups is 1. The molecule has 5 rings (SSSR count). The van der Waals surface area contributed by atoms with Crippen LogP contribution in [0.2, 0.25) is 0 Å². The van der Waals surface area contributed by atoms with E-state index >= 15 is 0 Å². The Bertz CT molecular complexity index is 2590. The third-order valence-corrected chi connectivity index (χ3v) is 11.3. The van der Waals surface area contributed by atoms with E-state index < -0.39 is 102 Å². The van der Waals surface area contributed by atoms with E-state index in [1.165, 1.54) is 19.4 Å². The average molecular weight is 980 g/mol. The Morgan fingerprint density at radius 3 is 2.17 bits per heavy atom. The number of carbonyl (C=O) groups is 9. The smallest absolute Gasteiger partial charge is 0.268 e. The highest BCUT2D eigenvalue weighted by atomic mass is 16.2. The van der Waals surface area contributed by atoms with Gasteiger partial charge in [-0.05, 0) is 36.5 Å². The van der Waals surface area contributed by atoms with Crippen molar-refractivity contribution in [2.24, 2.45) is 22.2 Å². The normalized spacial score (nSPS) is 19.7. The number of hydrogen-bond acceptors (Lipinski definition) is 11. The van der Waals surface area contributed by atoms with Gasteiger partial charge in [0.2, 0.25) is 47.3 Å². The van der Waals surface area contributed by atoms with E-state index in [1.54, 1.807) is 42.6 Å². The van der Waals surface area contributed by atoms with E-state index in [-0.39, 0.29) is 51.0 Å². The maximum Gasteiger partial charge on any atom is 0.268 e. The van der Waals surface area contributed by atoms with Crippen molar-refractivity contribution in [3.63, 3.8) is 0 Å². The zero-order valence-electron chi connectivity index (χ0n) is 39.3. The monoisotopic (exact) mass is 979 g/mol. The molecule has 2 aromatic carbocycles. The molecule has 6 atom stereocenters. The Balaban J connectivity index is 1.57. The summed E-state index contributed by atoms with van der Waals surface area (Å²) in [5.74, 6) is -8.39. The minimum atomic E-state index is -1.68. The van der Waals surface area contributed by atoms with Crippen LogP contribution in [0.1, 0.15) is 62.8 Å². The van der Waals surface area contributed by atoms with Crippen LogP contribution in [0.3, 0.4) is 0 Å². The molecule has 9 amide bonds. The number of aromatic nitrogens is 3. The van der Waals surface area contributed by atoms with Gasteiger partial charge in [0.25, 0.3) is 5.91 Å². The molecule has 378 valence electrons. The van der Waals surface area contributed by atoms with Crippen molar-refractivity contribution in [3.8, 4) is 0 Å². The summed E-state index contributed by atoms with van der Waals surface area (Å²) in [6.45, 7) is 2.42. The topological polar surface area (TPSA) is 385 Å². The van der Waals surface area contributed by atoms with Gasteiger partial charge >= 0.3 is 0 Å². The molecule has 1 aliphatic heterocycles. The molecule has 1 aliphatic rings. The summed E-state index contributed by atoms with van der Waals surface area (Å²) in [6, 6.07) is 7.40. The van der Waals surface area contributed by atoms with Crippen molar-refractivity contribution < 1.29 is 43.2 Å². The lowest BCUT2D eigenvalue weighted by Crippen LogP contribution is -2.61. The number of rotatable bonds is 19. The molecule has 0 saturated heterocycles. The predicted octanol–water partition coefficient (Wildman–Crippen LogP) is -2.29. The summed E-state index contributed by atoms with van der Waals surface area (Å²) in [5.41, 5.74) is 18.6. The highest BCUT2D eigenvalue weighted by Gasteiger charge is 2.34. The number of primary amides is 1. The van der Waals surface area contributed by atoms with E-state index in [9.17, 15) is 43.2 Å². The summed E-state index contributed by atoms with van der Waals surface area (Å²) in [5, 5.41) is 21.2. The van der Waals surface area contributed by atoms with Gasteiger partial charge in [-0.15, -0.1) is 0 Å². The number of nitrogens with zero attached hydrogens (tertiary/aromatic N) is 2. The van der Waals surface area contributed by atoms with Gasteiger partial charge < -0.3 is 69.7 Å². The number of H-pyrrole nitrogens is 2. The van der Waals surface area contributed by atoms with Crippen LogP contribution in [-0.4, -0.2) is 123 Å². The number of para-hydroxylation sites is 1. The van der Waals surface area contributed by atoms with Crippen LogP contribution in [-0.2, 0) is 62.4 Å². The van der Waals surface area contributed by atoms with Gasteiger partial charge in [0, 0.05) is 74.3 Å². The quantitative estimate of drug-likeness (QED) is 0.0268. The molecule has 0 aliphatic carbocycles. The zero-order valence-corrected chi connectivity index (χ0v) is 39.3. The number of aromatic amines is 2. The minimum absolute atomic E-state index is 0.0324. The molecule has 24 heteroatoms. The van der Waals surface area contributed by atoms with Gasteiger partial charge in [-0.3, -0.25) is 48.1 Å². The molecule has 2 aromatic heterocycles. The number of unbranched alkanes of at least 4 members (excludes halogenated alkanes) is 1. The summed E-state index contributed by atoms with van der Waals surface area (Å²) in [6.07, 6.45) is 6.04. The molecular formula is C47H61N15O9. The SMILES string of the molecule is CCCC[C@H](NC(C)=O)C(=O)N/C1=C/C(=O)NC[C@@H](C(=O)N[C@@H](Cc2c[nH]c3ccccc23)C(N)=O)NC(=O)[C@H](CCCN=C(N)N)NC(=O)[C@@H](Cc2ccccc2)NC(=O)[C@H](Cc2cnc[nH]2)NC1=O. The van der Waals surface area contributed by atoms with Gasteiger partial charge in [-0.2, -0.15) is 0 Å². The lowest BCUT2D eigenvalue weighted by molar-refractivity contribution is -0.135. The fourth-order valence-corrected chi connectivity index (χ4v) is 7.62. The van der Waals surface area contributed by atoms with Crippen LogP contribution < -0.4 is 59.7 Å². The molecule has 3 heterocycles. The second-order valence-corrected chi connectivity index (χ2v) is 16.8.